The van der Waals surface area contributed by atoms with Crippen molar-refractivity contribution in [2.24, 2.45) is 0 Å². The number of aromatic nitrogens is 2. The van der Waals surface area contributed by atoms with Crippen molar-refractivity contribution in [1.82, 2.24) is 10.2 Å². The quantitative estimate of drug-likeness (QED) is 0.688. The summed E-state index contributed by atoms with van der Waals surface area (Å²) in [5.41, 5.74) is 1.64. The van der Waals surface area contributed by atoms with E-state index in [-0.39, 0.29) is 5.91 Å². The first-order valence-electron chi connectivity index (χ1n) is 7.81. The summed E-state index contributed by atoms with van der Waals surface area (Å²) in [7, 11) is 1.33. The Morgan fingerprint density at radius 1 is 0.846 bits per heavy atom. The van der Waals surface area contributed by atoms with E-state index in [1.54, 1.807) is 60.7 Å². The molecule has 0 aliphatic carbocycles. The molecule has 130 valence electrons. The monoisotopic (exact) mass is 348 g/mol. The van der Waals surface area contributed by atoms with Crippen LogP contribution in [-0.4, -0.2) is 29.2 Å². The molecule has 0 saturated heterocycles. The molecular weight excluding hydrogens is 332 g/mol. The highest BCUT2D eigenvalue weighted by Gasteiger charge is 2.08. The van der Waals surface area contributed by atoms with E-state index in [4.69, 9.17) is 4.74 Å². The molecule has 0 bridgehead atoms. The molecule has 7 nitrogen and oxygen atoms in total. The Kier molecular flexibility index (Phi) is 5.19. The van der Waals surface area contributed by atoms with Gasteiger partial charge in [0.2, 0.25) is 0 Å². The van der Waals surface area contributed by atoms with Gasteiger partial charge in [-0.25, -0.2) is 4.79 Å². The van der Waals surface area contributed by atoms with Crippen LogP contribution in [0.3, 0.4) is 0 Å². The zero-order valence-electron chi connectivity index (χ0n) is 14.0. The van der Waals surface area contributed by atoms with Crippen molar-refractivity contribution in [1.29, 1.82) is 0 Å². The van der Waals surface area contributed by atoms with Crippen molar-refractivity contribution in [3.05, 3.63) is 77.9 Å². The van der Waals surface area contributed by atoms with Crippen LogP contribution in [-0.2, 0) is 4.74 Å². The Morgan fingerprint density at radius 2 is 1.54 bits per heavy atom. The van der Waals surface area contributed by atoms with Crippen molar-refractivity contribution in [3.8, 4) is 0 Å². The summed E-state index contributed by atoms with van der Waals surface area (Å²) in [5, 5.41) is 13.7. The van der Waals surface area contributed by atoms with Gasteiger partial charge in [-0.05, 0) is 42.5 Å². The van der Waals surface area contributed by atoms with E-state index in [0.717, 1.165) is 0 Å². The van der Waals surface area contributed by atoms with Crippen LogP contribution in [0.4, 0.5) is 17.3 Å². The zero-order chi connectivity index (χ0) is 18.4. The molecule has 0 atom stereocenters. The van der Waals surface area contributed by atoms with Crippen LogP contribution in [0.15, 0.2) is 66.7 Å². The highest BCUT2D eigenvalue weighted by molar-refractivity contribution is 6.03. The lowest BCUT2D eigenvalue weighted by molar-refractivity contribution is 0.0600. The van der Waals surface area contributed by atoms with Crippen LogP contribution in [0.5, 0.6) is 0 Å². The fourth-order valence-electron chi connectivity index (χ4n) is 2.23. The predicted molar refractivity (Wildman–Crippen MR) is 97.5 cm³/mol. The van der Waals surface area contributed by atoms with Crippen molar-refractivity contribution in [2.45, 2.75) is 0 Å². The van der Waals surface area contributed by atoms with Gasteiger partial charge in [-0.2, -0.15) is 0 Å². The molecule has 3 rings (SSSR count). The van der Waals surface area contributed by atoms with Crippen LogP contribution in [0.1, 0.15) is 20.7 Å². The van der Waals surface area contributed by atoms with E-state index in [1.165, 1.54) is 7.11 Å². The Morgan fingerprint density at radius 3 is 2.23 bits per heavy atom. The zero-order valence-corrected chi connectivity index (χ0v) is 14.0. The summed E-state index contributed by atoms with van der Waals surface area (Å²) in [6, 6.07) is 19.0. The van der Waals surface area contributed by atoms with Gasteiger partial charge in [-0.3, -0.25) is 4.79 Å². The lowest BCUT2D eigenvalue weighted by Crippen LogP contribution is -2.13. The Labute approximate surface area is 150 Å². The van der Waals surface area contributed by atoms with Crippen molar-refractivity contribution in [2.75, 3.05) is 17.7 Å². The molecule has 1 amide bonds. The fourth-order valence-corrected chi connectivity index (χ4v) is 2.23. The summed E-state index contributed by atoms with van der Waals surface area (Å²) in [5.74, 6) is 0.141. The topological polar surface area (TPSA) is 93.2 Å². The Bertz CT molecular complexity index is 912. The third-order valence-corrected chi connectivity index (χ3v) is 3.50. The highest BCUT2D eigenvalue weighted by atomic mass is 16.5. The standard InChI is InChI=1S/C19H16N4O3/c1-26-19(25)14-8-5-9-15(12-14)20-16-10-11-17(23-22-16)21-18(24)13-6-3-2-4-7-13/h2-12H,1H3,(H,20,22)(H,21,23,24). The molecule has 2 N–H and O–H groups in total. The summed E-state index contributed by atoms with van der Waals surface area (Å²) < 4.78 is 4.70. The number of carbonyl (C=O) groups is 2. The van der Waals surface area contributed by atoms with Gasteiger partial charge < -0.3 is 15.4 Å². The number of esters is 1. The first-order valence-corrected chi connectivity index (χ1v) is 7.81. The molecule has 1 heterocycles. The molecular formula is C19H16N4O3. The van der Waals surface area contributed by atoms with E-state index < -0.39 is 5.97 Å². The number of nitrogens with zero attached hydrogens (tertiary/aromatic N) is 2. The molecule has 26 heavy (non-hydrogen) atoms. The van der Waals surface area contributed by atoms with Crippen LogP contribution in [0.25, 0.3) is 0 Å². The summed E-state index contributed by atoms with van der Waals surface area (Å²) in [6.45, 7) is 0. The highest BCUT2D eigenvalue weighted by Crippen LogP contribution is 2.17. The van der Waals surface area contributed by atoms with Crippen molar-refractivity contribution < 1.29 is 14.3 Å². The largest absolute Gasteiger partial charge is 0.465 e. The van der Waals surface area contributed by atoms with E-state index >= 15 is 0 Å². The Balaban J connectivity index is 1.66. The van der Waals surface area contributed by atoms with Gasteiger partial charge in [0.05, 0.1) is 12.7 Å². The number of rotatable bonds is 5. The molecule has 0 aliphatic heterocycles. The van der Waals surface area contributed by atoms with E-state index in [2.05, 4.69) is 20.8 Å². The Hall–Kier alpha value is -3.74. The van der Waals surface area contributed by atoms with Gasteiger partial charge in [-0.1, -0.05) is 24.3 Å². The predicted octanol–water partition coefficient (Wildman–Crippen LogP) is 3.26. The molecule has 3 aromatic rings. The minimum absolute atomic E-state index is 0.258. The number of carbonyl (C=O) groups excluding carboxylic acids is 2. The number of methoxy groups -OCH3 is 1. The fraction of sp³-hybridized carbons (Fsp3) is 0.0526. The van der Waals surface area contributed by atoms with Crippen molar-refractivity contribution in [3.63, 3.8) is 0 Å². The third kappa shape index (κ3) is 4.21. The van der Waals surface area contributed by atoms with Gasteiger partial charge >= 0.3 is 5.97 Å². The molecule has 1 aromatic heterocycles. The number of amides is 1. The molecule has 0 spiro atoms. The summed E-state index contributed by atoms with van der Waals surface area (Å²) in [4.78, 5) is 23.6. The normalized spacial score (nSPS) is 10.0. The number of hydrogen-bond acceptors (Lipinski definition) is 6. The number of ether oxygens (including phenoxy) is 1. The SMILES string of the molecule is COC(=O)c1cccc(Nc2ccc(NC(=O)c3ccccc3)nn2)c1. The minimum Gasteiger partial charge on any atom is -0.465 e. The molecule has 2 aromatic carbocycles. The maximum absolute atomic E-state index is 12.1. The van der Waals surface area contributed by atoms with E-state index in [9.17, 15) is 9.59 Å². The molecule has 0 fully saturated rings. The second-order valence-corrected chi connectivity index (χ2v) is 5.32. The van der Waals surface area contributed by atoms with Crippen LogP contribution >= 0.6 is 0 Å². The smallest absolute Gasteiger partial charge is 0.337 e. The number of benzene rings is 2. The van der Waals surface area contributed by atoms with Gasteiger partial charge in [0.25, 0.3) is 5.91 Å². The average molecular weight is 348 g/mol. The first-order chi connectivity index (χ1) is 12.7. The lowest BCUT2D eigenvalue weighted by Gasteiger charge is -2.08. The van der Waals surface area contributed by atoms with Crippen LogP contribution < -0.4 is 10.6 Å². The van der Waals surface area contributed by atoms with Crippen molar-refractivity contribution >= 4 is 29.2 Å². The third-order valence-electron chi connectivity index (χ3n) is 3.50. The van der Waals surface area contributed by atoms with Crippen LogP contribution in [0.2, 0.25) is 0 Å². The van der Waals surface area contributed by atoms with Crippen LogP contribution in [0, 0.1) is 0 Å². The summed E-state index contributed by atoms with van der Waals surface area (Å²) >= 11 is 0. The van der Waals surface area contributed by atoms with Gasteiger partial charge in [0.1, 0.15) is 0 Å². The minimum atomic E-state index is -0.418. The lowest BCUT2D eigenvalue weighted by atomic mass is 10.2. The van der Waals surface area contributed by atoms with Gasteiger partial charge in [0, 0.05) is 11.3 Å². The summed E-state index contributed by atoms with van der Waals surface area (Å²) in [6.07, 6.45) is 0. The molecule has 0 unspecified atom stereocenters. The first kappa shape index (κ1) is 17.1. The van der Waals surface area contributed by atoms with E-state index in [1.807, 2.05) is 6.07 Å². The second kappa shape index (κ2) is 7.89. The average Bonchev–Trinajstić information content (AvgIpc) is 2.69. The number of anilines is 3. The van der Waals surface area contributed by atoms with E-state index in [0.29, 0.717) is 28.5 Å². The maximum Gasteiger partial charge on any atom is 0.337 e. The molecule has 0 aliphatic rings. The number of nitrogens with one attached hydrogen (secondary N) is 2. The number of hydrogen-bond donors (Lipinski definition) is 2. The maximum atomic E-state index is 12.1. The second-order valence-electron chi connectivity index (χ2n) is 5.32. The van der Waals surface area contributed by atoms with Gasteiger partial charge in [-0.15, -0.1) is 10.2 Å². The molecule has 0 saturated carbocycles. The van der Waals surface area contributed by atoms with Gasteiger partial charge in [0.15, 0.2) is 11.6 Å². The molecule has 7 heteroatoms. The molecule has 0 radical (unpaired) electrons.